The van der Waals surface area contributed by atoms with E-state index in [2.05, 4.69) is 29.0 Å². The standard InChI is InChI=1S/C14H24N4O2/c1-10(8-19-3)17-13-6-14(16-7-12(13)15)18-4-5-20-9-11(18)2/h6-7,10-11H,4-5,8-9,15H2,1-3H3,(H,16,17)/t10?,11-/m0/s1. The Labute approximate surface area is 120 Å². The molecule has 0 bridgehead atoms. The summed E-state index contributed by atoms with van der Waals surface area (Å²) in [5.41, 5.74) is 7.54. The van der Waals surface area contributed by atoms with E-state index in [9.17, 15) is 0 Å². The average Bonchev–Trinajstić information content (AvgIpc) is 2.42. The lowest BCUT2D eigenvalue weighted by atomic mass is 10.2. The molecular weight excluding hydrogens is 256 g/mol. The fourth-order valence-corrected chi connectivity index (χ4v) is 2.36. The summed E-state index contributed by atoms with van der Waals surface area (Å²) in [6, 6.07) is 2.52. The number of aromatic nitrogens is 1. The molecule has 0 aliphatic carbocycles. The molecule has 0 radical (unpaired) electrons. The first-order valence-corrected chi connectivity index (χ1v) is 6.97. The molecule has 0 amide bonds. The summed E-state index contributed by atoms with van der Waals surface area (Å²) in [4.78, 5) is 6.69. The van der Waals surface area contributed by atoms with Gasteiger partial charge in [-0.05, 0) is 13.8 Å². The highest BCUT2D eigenvalue weighted by molar-refractivity contribution is 5.69. The fraction of sp³-hybridized carbons (Fsp3) is 0.643. The molecule has 3 N–H and O–H groups in total. The number of pyridine rings is 1. The van der Waals surface area contributed by atoms with E-state index in [1.165, 1.54) is 0 Å². The minimum absolute atomic E-state index is 0.194. The second kappa shape index (κ2) is 6.76. The minimum Gasteiger partial charge on any atom is -0.396 e. The Hall–Kier alpha value is -1.53. The highest BCUT2D eigenvalue weighted by Gasteiger charge is 2.21. The number of nitrogens with zero attached hydrogens (tertiary/aromatic N) is 2. The maximum Gasteiger partial charge on any atom is 0.131 e. The molecular formula is C14H24N4O2. The lowest BCUT2D eigenvalue weighted by Crippen LogP contribution is -2.44. The van der Waals surface area contributed by atoms with Gasteiger partial charge >= 0.3 is 0 Å². The SMILES string of the molecule is COCC(C)Nc1cc(N2CCOC[C@@H]2C)ncc1N. The van der Waals surface area contributed by atoms with Crippen molar-refractivity contribution in [3.63, 3.8) is 0 Å². The van der Waals surface area contributed by atoms with E-state index >= 15 is 0 Å². The van der Waals surface area contributed by atoms with E-state index in [1.54, 1.807) is 13.3 Å². The van der Waals surface area contributed by atoms with E-state index in [0.717, 1.165) is 31.3 Å². The molecule has 1 aromatic rings. The summed E-state index contributed by atoms with van der Waals surface area (Å²) >= 11 is 0. The van der Waals surface area contributed by atoms with Gasteiger partial charge in [-0.1, -0.05) is 0 Å². The van der Waals surface area contributed by atoms with Gasteiger partial charge in [0.15, 0.2) is 0 Å². The number of anilines is 3. The lowest BCUT2D eigenvalue weighted by molar-refractivity contribution is 0.0985. The molecule has 2 atom stereocenters. The molecule has 6 nitrogen and oxygen atoms in total. The molecule has 112 valence electrons. The molecule has 1 aliphatic rings. The quantitative estimate of drug-likeness (QED) is 0.848. The minimum atomic E-state index is 0.194. The van der Waals surface area contributed by atoms with Crippen LogP contribution in [0.15, 0.2) is 12.3 Å². The van der Waals surface area contributed by atoms with Crippen LogP contribution in [0.1, 0.15) is 13.8 Å². The summed E-state index contributed by atoms with van der Waals surface area (Å²) in [6.07, 6.45) is 1.71. The number of rotatable bonds is 5. The van der Waals surface area contributed by atoms with E-state index in [1.807, 2.05) is 6.07 Å². The van der Waals surface area contributed by atoms with Crippen molar-refractivity contribution in [1.29, 1.82) is 0 Å². The number of ether oxygens (including phenoxy) is 2. The van der Waals surface area contributed by atoms with Gasteiger partial charge in [-0.3, -0.25) is 0 Å². The van der Waals surface area contributed by atoms with Crippen molar-refractivity contribution in [3.8, 4) is 0 Å². The van der Waals surface area contributed by atoms with Gasteiger partial charge in [0.1, 0.15) is 5.82 Å². The van der Waals surface area contributed by atoms with Gasteiger partial charge < -0.3 is 25.4 Å². The van der Waals surface area contributed by atoms with Crippen LogP contribution in [0, 0.1) is 0 Å². The molecule has 2 heterocycles. The second-order valence-corrected chi connectivity index (χ2v) is 5.25. The fourth-order valence-electron chi connectivity index (χ4n) is 2.36. The highest BCUT2D eigenvalue weighted by Crippen LogP contribution is 2.25. The third kappa shape index (κ3) is 3.52. The summed E-state index contributed by atoms with van der Waals surface area (Å²) in [5.74, 6) is 0.933. The number of hydrogen-bond acceptors (Lipinski definition) is 6. The van der Waals surface area contributed by atoms with Crippen molar-refractivity contribution in [2.45, 2.75) is 25.9 Å². The van der Waals surface area contributed by atoms with Crippen LogP contribution in [0.3, 0.4) is 0 Å². The summed E-state index contributed by atoms with van der Waals surface area (Å²) < 4.78 is 10.6. The summed E-state index contributed by atoms with van der Waals surface area (Å²) in [7, 11) is 1.69. The van der Waals surface area contributed by atoms with E-state index < -0.39 is 0 Å². The zero-order valence-electron chi connectivity index (χ0n) is 12.4. The maximum absolute atomic E-state index is 5.99. The molecule has 1 unspecified atom stereocenters. The van der Waals surface area contributed by atoms with E-state index in [-0.39, 0.29) is 6.04 Å². The van der Waals surface area contributed by atoms with Crippen molar-refractivity contribution in [2.24, 2.45) is 0 Å². The molecule has 1 saturated heterocycles. The van der Waals surface area contributed by atoms with Crippen LogP contribution in [0.5, 0.6) is 0 Å². The number of nitrogen functional groups attached to an aromatic ring is 1. The Morgan fingerprint density at radius 3 is 3.15 bits per heavy atom. The van der Waals surface area contributed by atoms with Gasteiger partial charge in [-0.15, -0.1) is 0 Å². The van der Waals surface area contributed by atoms with Crippen LogP contribution in [-0.4, -0.2) is 50.5 Å². The van der Waals surface area contributed by atoms with Crippen LogP contribution >= 0.6 is 0 Å². The first kappa shape index (κ1) is 14.9. The predicted octanol–water partition coefficient (Wildman–Crippen LogP) is 1.34. The first-order chi connectivity index (χ1) is 9.61. The van der Waals surface area contributed by atoms with Crippen molar-refractivity contribution in [1.82, 2.24) is 4.98 Å². The van der Waals surface area contributed by atoms with Crippen LogP contribution in [0.2, 0.25) is 0 Å². The molecule has 20 heavy (non-hydrogen) atoms. The molecule has 2 rings (SSSR count). The zero-order valence-corrected chi connectivity index (χ0v) is 12.4. The number of methoxy groups -OCH3 is 1. The van der Waals surface area contributed by atoms with Crippen LogP contribution in [0.25, 0.3) is 0 Å². The van der Waals surface area contributed by atoms with Gasteiger partial charge in [0.05, 0.1) is 43.4 Å². The topological polar surface area (TPSA) is 72.6 Å². The Kier molecular flexibility index (Phi) is 5.03. The Morgan fingerprint density at radius 1 is 1.65 bits per heavy atom. The van der Waals surface area contributed by atoms with Gasteiger partial charge in [0, 0.05) is 25.8 Å². The number of nitrogens with one attached hydrogen (secondary N) is 1. The number of nitrogens with two attached hydrogens (primary N) is 1. The van der Waals surface area contributed by atoms with Gasteiger partial charge in [0.2, 0.25) is 0 Å². The van der Waals surface area contributed by atoms with Crippen molar-refractivity contribution in [3.05, 3.63) is 12.3 Å². The predicted molar refractivity (Wildman–Crippen MR) is 81.2 cm³/mol. The third-order valence-electron chi connectivity index (χ3n) is 3.40. The Morgan fingerprint density at radius 2 is 2.45 bits per heavy atom. The van der Waals surface area contributed by atoms with Crippen LogP contribution in [0.4, 0.5) is 17.2 Å². The number of hydrogen-bond donors (Lipinski definition) is 2. The van der Waals surface area contributed by atoms with E-state index in [4.69, 9.17) is 15.2 Å². The average molecular weight is 280 g/mol. The van der Waals surface area contributed by atoms with Gasteiger partial charge in [-0.25, -0.2) is 4.98 Å². The first-order valence-electron chi connectivity index (χ1n) is 6.97. The van der Waals surface area contributed by atoms with Crippen LogP contribution in [-0.2, 0) is 9.47 Å². The molecule has 1 aromatic heterocycles. The monoisotopic (exact) mass is 280 g/mol. The molecule has 0 spiro atoms. The Bertz CT molecular complexity index is 441. The Balaban J connectivity index is 2.15. The lowest BCUT2D eigenvalue weighted by Gasteiger charge is -2.34. The molecule has 1 fully saturated rings. The van der Waals surface area contributed by atoms with Crippen LogP contribution < -0.4 is 16.0 Å². The number of morpholine rings is 1. The normalized spacial score (nSPS) is 20.8. The van der Waals surface area contributed by atoms with Gasteiger partial charge in [-0.2, -0.15) is 0 Å². The summed E-state index contributed by atoms with van der Waals surface area (Å²) in [5, 5.41) is 3.36. The van der Waals surface area contributed by atoms with Gasteiger partial charge in [0.25, 0.3) is 0 Å². The highest BCUT2D eigenvalue weighted by atomic mass is 16.5. The molecule has 6 heteroatoms. The maximum atomic E-state index is 5.99. The van der Waals surface area contributed by atoms with Crippen molar-refractivity contribution < 1.29 is 9.47 Å². The second-order valence-electron chi connectivity index (χ2n) is 5.25. The van der Waals surface area contributed by atoms with E-state index in [0.29, 0.717) is 18.3 Å². The smallest absolute Gasteiger partial charge is 0.131 e. The third-order valence-corrected chi connectivity index (χ3v) is 3.40. The van der Waals surface area contributed by atoms with Crippen molar-refractivity contribution >= 4 is 17.2 Å². The molecule has 0 aromatic carbocycles. The molecule has 0 saturated carbocycles. The largest absolute Gasteiger partial charge is 0.396 e. The zero-order chi connectivity index (χ0) is 14.5. The molecule has 1 aliphatic heterocycles. The summed E-state index contributed by atoms with van der Waals surface area (Å²) in [6.45, 7) is 7.14. The van der Waals surface area contributed by atoms with Crippen molar-refractivity contribution in [2.75, 3.05) is 49.4 Å².